The van der Waals surface area contributed by atoms with Crippen LogP contribution in [0.5, 0.6) is 0 Å². The van der Waals surface area contributed by atoms with Gasteiger partial charge in [0.2, 0.25) is 5.28 Å². The van der Waals surface area contributed by atoms with E-state index in [9.17, 15) is 17.6 Å². The third-order valence-corrected chi connectivity index (χ3v) is 2.56. The lowest BCUT2D eigenvalue weighted by Crippen LogP contribution is -2.08. The molecule has 7 heteroatoms. The van der Waals surface area contributed by atoms with Crippen molar-refractivity contribution in [2.45, 2.75) is 13.1 Å². The van der Waals surface area contributed by atoms with Gasteiger partial charge in [0.25, 0.3) is 0 Å². The third kappa shape index (κ3) is 3.01. The van der Waals surface area contributed by atoms with E-state index in [0.29, 0.717) is 11.8 Å². The van der Waals surface area contributed by atoms with Crippen LogP contribution in [0, 0.1) is 12.7 Å². The molecule has 0 aliphatic rings. The predicted octanol–water partition coefficient (Wildman–Crippen LogP) is 4.26. The molecule has 0 radical (unpaired) electrons. The fourth-order valence-electron chi connectivity index (χ4n) is 1.58. The minimum absolute atomic E-state index is 0.0760. The molecular formula is C12H7ClF4N2. The standard InChI is InChI=1S/C12H7ClF4N2/c1-6-4-10(19-11(13)18-6)7-2-3-9(14)8(5-7)12(15,16)17/h2-5H,1H3. The maximum atomic E-state index is 13.2. The van der Waals surface area contributed by atoms with Crippen LogP contribution in [0.15, 0.2) is 24.3 Å². The van der Waals surface area contributed by atoms with Crippen LogP contribution in [0.4, 0.5) is 17.6 Å². The van der Waals surface area contributed by atoms with Crippen LogP contribution in [-0.4, -0.2) is 9.97 Å². The monoisotopic (exact) mass is 290 g/mol. The van der Waals surface area contributed by atoms with Crippen molar-refractivity contribution >= 4 is 11.6 Å². The molecule has 2 rings (SSSR count). The van der Waals surface area contributed by atoms with E-state index in [4.69, 9.17) is 11.6 Å². The highest BCUT2D eigenvalue weighted by atomic mass is 35.5. The lowest BCUT2D eigenvalue weighted by Gasteiger charge is -2.10. The Morgan fingerprint density at radius 1 is 1.11 bits per heavy atom. The Kier molecular flexibility index (Phi) is 3.45. The Morgan fingerprint density at radius 3 is 2.37 bits per heavy atom. The molecule has 0 saturated carbocycles. The van der Waals surface area contributed by atoms with E-state index in [0.717, 1.165) is 6.07 Å². The van der Waals surface area contributed by atoms with Crippen molar-refractivity contribution < 1.29 is 17.6 Å². The molecule has 0 bridgehead atoms. The normalized spacial score (nSPS) is 11.7. The van der Waals surface area contributed by atoms with Crippen LogP contribution in [0.3, 0.4) is 0 Å². The van der Waals surface area contributed by atoms with Crippen molar-refractivity contribution in [2.24, 2.45) is 0 Å². The number of aromatic nitrogens is 2. The Bertz CT molecular complexity index is 605. The van der Waals surface area contributed by atoms with Crippen molar-refractivity contribution in [1.82, 2.24) is 9.97 Å². The molecule has 100 valence electrons. The van der Waals surface area contributed by atoms with Crippen LogP contribution < -0.4 is 0 Å². The molecule has 0 aliphatic carbocycles. The van der Waals surface area contributed by atoms with E-state index in [-0.39, 0.29) is 16.5 Å². The van der Waals surface area contributed by atoms with Crippen LogP contribution >= 0.6 is 11.6 Å². The van der Waals surface area contributed by atoms with Gasteiger partial charge in [-0.2, -0.15) is 13.2 Å². The summed E-state index contributed by atoms with van der Waals surface area (Å²) in [6.07, 6.45) is -4.76. The molecule has 2 aromatic rings. The number of rotatable bonds is 1. The molecule has 2 nitrogen and oxygen atoms in total. The second-order valence-electron chi connectivity index (χ2n) is 3.86. The summed E-state index contributed by atoms with van der Waals surface area (Å²) in [5.74, 6) is -1.33. The molecule has 0 amide bonds. The number of nitrogens with zero attached hydrogens (tertiary/aromatic N) is 2. The van der Waals surface area contributed by atoms with Crippen molar-refractivity contribution in [1.29, 1.82) is 0 Å². The molecule has 0 unspecified atom stereocenters. The maximum absolute atomic E-state index is 13.2. The predicted molar refractivity (Wildman–Crippen MR) is 62.2 cm³/mol. The summed E-state index contributed by atoms with van der Waals surface area (Å²) in [5, 5.41) is -0.0760. The van der Waals surface area contributed by atoms with E-state index in [1.165, 1.54) is 12.1 Å². The fraction of sp³-hybridized carbons (Fsp3) is 0.167. The zero-order chi connectivity index (χ0) is 14.2. The Labute approximate surface area is 111 Å². The number of aryl methyl sites for hydroxylation is 1. The summed E-state index contributed by atoms with van der Waals surface area (Å²) in [5.41, 5.74) is -0.491. The van der Waals surface area contributed by atoms with Crippen LogP contribution in [-0.2, 0) is 6.18 Å². The molecule has 0 saturated heterocycles. The van der Waals surface area contributed by atoms with Gasteiger partial charge in [0.05, 0.1) is 11.3 Å². The van der Waals surface area contributed by atoms with Gasteiger partial charge in [-0.25, -0.2) is 14.4 Å². The molecule has 1 heterocycles. The molecule has 0 aliphatic heterocycles. The molecule has 19 heavy (non-hydrogen) atoms. The van der Waals surface area contributed by atoms with Gasteiger partial charge in [-0.1, -0.05) is 0 Å². The van der Waals surface area contributed by atoms with E-state index < -0.39 is 17.6 Å². The van der Waals surface area contributed by atoms with Crippen LogP contribution in [0.2, 0.25) is 5.28 Å². The van der Waals surface area contributed by atoms with E-state index in [1.807, 2.05) is 0 Å². The average molecular weight is 291 g/mol. The Hall–Kier alpha value is -1.69. The highest BCUT2D eigenvalue weighted by Crippen LogP contribution is 2.34. The van der Waals surface area contributed by atoms with E-state index in [2.05, 4.69) is 9.97 Å². The van der Waals surface area contributed by atoms with Gasteiger partial charge in [-0.15, -0.1) is 0 Å². The summed E-state index contributed by atoms with van der Waals surface area (Å²) >= 11 is 5.64. The lowest BCUT2D eigenvalue weighted by atomic mass is 10.1. The number of benzene rings is 1. The number of alkyl halides is 3. The fourth-order valence-corrected chi connectivity index (χ4v) is 1.81. The summed E-state index contributed by atoms with van der Waals surface area (Å²) in [6.45, 7) is 1.63. The topological polar surface area (TPSA) is 25.8 Å². The first-order valence-corrected chi connectivity index (χ1v) is 5.53. The quantitative estimate of drug-likeness (QED) is 0.579. The van der Waals surface area contributed by atoms with Gasteiger partial charge in [-0.3, -0.25) is 0 Å². The van der Waals surface area contributed by atoms with E-state index in [1.54, 1.807) is 6.92 Å². The first kappa shape index (κ1) is 13.7. The SMILES string of the molecule is Cc1cc(-c2ccc(F)c(C(F)(F)F)c2)nc(Cl)n1. The second kappa shape index (κ2) is 4.77. The van der Waals surface area contributed by atoms with Crippen molar-refractivity contribution in [3.63, 3.8) is 0 Å². The molecule has 0 atom stereocenters. The molecular weight excluding hydrogens is 284 g/mol. The van der Waals surface area contributed by atoms with Gasteiger partial charge in [0, 0.05) is 11.3 Å². The maximum Gasteiger partial charge on any atom is 0.419 e. The summed E-state index contributed by atoms with van der Waals surface area (Å²) in [6, 6.07) is 4.14. The molecule has 0 fully saturated rings. The van der Waals surface area contributed by atoms with Gasteiger partial charge in [0.1, 0.15) is 5.82 Å². The Balaban J connectivity index is 2.58. The van der Waals surface area contributed by atoms with Gasteiger partial charge < -0.3 is 0 Å². The number of halogens is 5. The third-order valence-electron chi connectivity index (χ3n) is 2.39. The molecule has 1 aromatic carbocycles. The summed E-state index contributed by atoms with van der Waals surface area (Å²) < 4.78 is 51.0. The first-order chi connectivity index (χ1) is 8.77. The minimum atomic E-state index is -4.76. The van der Waals surface area contributed by atoms with Gasteiger partial charge in [0.15, 0.2) is 0 Å². The van der Waals surface area contributed by atoms with Gasteiger partial charge in [-0.05, 0) is 42.8 Å². The average Bonchev–Trinajstić information content (AvgIpc) is 2.26. The minimum Gasteiger partial charge on any atom is -0.223 e. The first-order valence-electron chi connectivity index (χ1n) is 5.15. The van der Waals surface area contributed by atoms with Gasteiger partial charge >= 0.3 is 6.18 Å². The molecule has 0 spiro atoms. The second-order valence-corrected chi connectivity index (χ2v) is 4.19. The highest BCUT2D eigenvalue weighted by molar-refractivity contribution is 6.28. The number of hydrogen-bond acceptors (Lipinski definition) is 2. The molecule has 0 N–H and O–H groups in total. The van der Waals surface area contributed by atoms with Crippen LogP contribution in [0.1, 0.15) is 11.3 Å². The van der Waals surface area contributed by atoms with Crippen LogP contribution in [0.25, 0.3) is 11.3 Å². The Morgan fingerprint density at radius 2 is 1.79 bits per heavy atom. The summed E-state index contributed by atoms with van der Waals surface area (Å²) in [7, 11) is 0. The largest absolute Gasteiger partial charge is 0.419 e. The van der Waals surface area contributed by atoms with Crippen molar-refractivity contribution in [2.75, 3.05) is 0 Å². The van der Waals surface area contributed by atoms with Crippen molar-refractivity contribution in [3.05, 3.63) is 46.6 Å². The zero-order valence-corrected chi connectivity index (χ0v) is 10.3. The molecule has 1 aromatic heterocycles. The van der Waals surface area contributed by atoms with Crippen molar-refractivity contribution in [3.8, 4) is 11.3 Å². The number of hydrogen-bond donors (Lipinski definition) is 0. The smallest absolute Gasteiger partial charge is 0.223 e. The summed E-state index contributed by atoms with van der Waals surface area (Å²) in [4.78, 5) is 7.63. The lowest BCUT2D eigenvalue weighted by molar-refractivity contribution is -0.139. The zero-order valence-electron chi connectivity index (χ0n) is 9.59. The highest BCUT2D eigenvalue weighted by Gasteiger charge is 2.34. The van der Waals surface area contributed by atoms with E-state index >= 15 is 0 Å².